The smallest absolute Gasteiger partial charge is 0.228 e. The number of sulfonamides is 1. The number of hydrogen-bond donors (Lipinski definition) is 0. The maximum Gasteiger partial charge on any atom is 0.228 e. The van der Waals surface area contributed by atoms with Gasteiger partial charge in [0.2, 0.25) is 15.9 Å². The highest BCUT2D eigenvalue weighted by Crippen LogP contribution is 2.15. The molecule has 0 aliphatic heterocycles. The third kappa shape index (κ3) is 5.65. The van der Waals surface area contributed by atoms with E-state index in [-0.39, 0.29) is 25.4 Å². The molecule has 7 heteroatoms. The van der Waals surface area contributed by atoms with Crippen molar-refractivity contribution in [1.29, 1.82) is 0 Å². The van der Waals surface area contributed by atoms with Gasteiger partial charge in [-0.25, -0.2) is 8.42 Å². The average Bonchev–Trinajstić information content (AvgIpc) is 2.60. The first-order valence-corrected chi connectivity index (χ1v) is 9.97. The fourth-order valence-electron chi connectivity index (χ4n) is 2.50. The van der Waals surface area contributed by atoms with Crippen LogP contribution in [0.5, 0.6) is 0 Å². The van der Waals surface area contributed by atoms with Gasteiger partial charge in [0.05, 0.1) is 18.5 Å². The third-order valence-electron chi connectivity index (χ3n) is 3.79. The molecule has 0 saturated carbocycles. The number of rotatable bonds is 8. The molecule has 0 aliphatic rings. The second-order valence-electron chi connectivity index (χ2n) is 5.64. The maximum atomic E-state index is 12.5. The van der Waals surface area contributed by atoms with E-state index in [1.54, 1.807) is 23.2 Å². The molecule has 1 aromatic heterocycles. The molecule has 0 unspecified atom stereocenters. The van der Waals surface area contributed by atoms with Crippen molar-refractivity contribution < 1.29 is 13.2 Å². The molecule has 134 valence electrons. The van der Waals surface area contributed by atoms with E-state index in [2.05, 4.69) is 4.98 Å². The van der Waals surface area contributed by atoms with Crippen LogP contribution in [-0.2, 0) is 21.4 Å². The van der Waals surface area contributed by atoms with Crippen LogP contribution in [-0.4, -0.2) is 43.0 Å². The normalized spacial score (nSPS) is 11.5. The van der Waals surface area contributed by atoms with Crippen LogP contribution in [0, 0.1) is 0 Å². The molecule has 1 aromatic carbocycles. The lowest BCUT2D eigenvalue weighted by Crippen LogP contribution is -2.36. The first-order valence-electron chi connectivity index (χ1n) is 8.12. The molecule has 0 N–H and O–H groups in total. The standard InChI is InChI=1S/C18H23N3O3S/c1-3-21(17-10-5-4-6-11-17)18(22)12-14-20(25(2,23)24)15-16-9-7-8-13-19-16/h4-11,13H,3,12,14-15H2,1-2H3. The predicted molar refractivity (Wildman–Crippen MR) is 98.6 cm³/mol. The van der Waals surface area contributed by atoms with Crippen LogP contribution >= 0.6 is 0 Å². The van der Waals surface area contributed by atoms with E-state index in [1.807, 2.05) is 43.3 Å². The Labute approximate surface area is 149 Å². The van der Waals surface area contributed by atoms with E-state index >= 15 is 0 Å². The Balaban J connectivity index is 2.05. The monoisotopic (exact) mass is 361 g/mol. The Kier molecular flexibility index (Phi) is 6.66. The molecule has 1 amide bonds. The summed E-state index contributed by atoms with van der Waals surface area (Å²) in [4.78, 5) is 18.4. The van der Waals surface area contributed by atoms with Gasteiger partial charge >= 0.3 is 0 Å². The van der Waals surface area contributed by atoms with Crippen LogP contribution in [0.4, 0.5) is 5.69 Å². The zero-order valence-corrected chi connectivity index (χ0v) is 15.3. The topological polar surface area (TPSA) is 70.6 Å². The summed E-state index contributed by atoms with van der Waals surface area (Å²) < 4.78 is 25.3. The van der Waals surface area contributed by atoms with Crippen molar-refractivity contribution in [3.8, 4) is 0 Å². The minimum atomic E-state index is -3.43. The summed E-state index contributed by atoms with van der Waals surface area (Å²) in [5, 5.41) is 0. The number of nitrogens with zero attached hydrogens (tertiary/aromatic N) is 3. The molecule has 0 spiro atoms. The quantitative estimate of drug-likeness (QED) is 0.723. The summed E-state index contributed by atoms with van der Waals surface area (Å²) >= 11 is 0. The molecule has 0 bridgehead atoms. The number of pyridine rings is 1. The van der Waals surface area contributed by atoms with Crippen LogP contribution < -0.4 is 4.90 Å². The van der Waals surface area contributed by atoms with Gasteiger partial charge in [-0.15, -0.1) is 0 Å². The lowest BCUT2D eigenvalue weighted by Gasteiger charge is -2.24. The highest BCUT2D eigenvalue weighted by Gasteiger charge is 2.21. The summed E-state index contributed by atoms with van der Waals surface area (Å²) in [7, 11) is -3.43. The lowest BCUT2D eigenvalue weighted by atomic mass is 10.2. The van der Waals surface area contributed by atoms with Gasteiger partial charge in [0.15, 0.2) is 0 Å². The summed E-state index contributed by atoms with van der Waals surface area (Å²) in [6.45, 7) is 2.71. The van der Waals surface area contributed by atoms with Gasteiger partial charge < -0.3 is 4.90 Å². The van der Waals surface area contributed by atoms with E-state index in [9.17, 15) is 13.2 Å². The number of carbonyl (C=O) groups excluding carboxylic acids is 1. The van der Waals surface area contributed by atoms with Crippen molar-refractivity contribution in [2.45, 2.75) is 19.9 Å². The second-order valence-corrected chi connectivity index (χ2v) is 7.62. The van der Waals surface area contributed by atoms with Crippen molar-refractivity contribution in [1.82, 2.24) is 9.29 Å². The maximum absolute atomic E-state index is 12.5. The second kappa shape index (κ2) is 8.73. The Morgan fingerprint density at radius 2 is 1.76 bits per heavy atom. The van der Waals surface area contributed by atoms with Crippen molar-refractivity contribution in [2.24, 2.45) is 0 Å². The van der Waals surface area contributed by atoms with Crippen LogP contribution in [0.2, 0.25) is 0 Å². The van der Waals surface area contributed by atoms with Crippen molar-refractivity contribution >= 4 is 21.6 Å². The Morgan fingerprint density at radius 3 is 2.32 bits per heavy atom. The number of amides is 1. The van der Waals surface area contributed by atoms with E-state index in [0.717, 1.165) is 11.9 Å². The van der Waals surface area contributed by atoms with Crippen LogP contribution in [0.15, 0.2) is 54.7 Å². The molecule has 0 aliphatic carbocycles. The van der Waals surface area contributed by atoms with E-state index in [4.69, 9.17) is 0 Å². The van der Waals surface area contributed by atoms with Crippen molar-refractivity contribution in [3.05, 3.63) is 60.4 Å². The van der Waals surface area contributed by atoms with E-state index in [0.29, 0.717) is 12.2 Å². The Bertz CT molecular complexity index is 780. The van der Waals surface area contributed by atoms with Crippen LogP contribution in [0.25, 0.3) is 0 Å². The van der Waals surface area contributed by atoms with Crippen LogP contribution in [0.1, 0.15) is 19.0 Å². The molecule has 6 nitrogen and oxygen atoms in total. The number of para-hydroxylation sites is 1. The summed E-state index contributed by atoms with van der Waals surface area (Å²) in [6, 6.07) is 14.7. The third-order valence-corrected chi connectivity index (χ3v) is 5.04. The van der Waals surface area contributed by atoms with Gasteiger partial charge in [-0.3, -0.25) is 9.78 Å². The lowest BCUT2D eigenvalue weighted by molar-refractivity contribution is -0.118. The molecule has 2 aromatic rings. The van der Waals surface area contributed by atoms with Crippen molar-refractivity contribution in [2.75, 3.05) is 24.2 Å². The number of anilines is 1. The van der Waals surface area contributed by atoms with E-state index < -0.39 is 10.0 Å². The molecular weight excluding hydrogens is 338 g/mol. The van der Waals surface area contributed by atoms with Gasteiger partial charge in [0.25, 0.3) is 0 Å². The van der Waals surface area contributed by atoms with Gasteiger partial charge in [-0.1, -0.05) is 24.3 Å². The number of aromatic nitrogens is 1. The van der Waals surface area contributed by atoms with E-state index in [1.165, 1.54) is 4.31 Å². The Hall–Kier alpha value is -2.25. The minimum absolute atomic E-state index is 0.108. The molecule has 25 heavy (non-hydrogen) atoms. The first-order chi connectivity index (χ1) is 11.9. The summed E-state index contributed by atoms with van der Waals surface area (Å²) in [5.41, 5.74) is 1.46. The SMILES string of the molecule is CCN(C(=O)CCN(Cc1ccccn1)S(C)(=O)=O)c1ccccc1. The zero-order chi connectivity index (χ0) is 18.3. The average molecular weight is 361 g/mol. The van der Waals surface area contributed by atoms with Gasteiger partial charge in [-0.2, -0.15) is 4.31 Å². The molecule has 0 saturated heterocycles. The number of hydrogen-bond acceptors (Lipinski definition) is 4. The minimum Gasteiger partial charge on any atom is -0.313 e. The fraction of sp³-hybridized carbons (Fsp3) is 0.333. The van der Waals surface area contributed by atoms with Crippen LogP contribution in [0.3, 0.4) is 0 Å². The van der Waals surface area contributed by atoms with Crippen molar-refractivity contribution in [3.63, 3.8) is 0 Å². The Morgan fingerprint density at radius 1 is 1.08 bits per heavy atom. The largest absolute Gasteiger partial charge is 0.313 e. The summed E-state index contributed by atoms with van der Waals surface area (Å²) in [5.74, 6) is -0.108. The molecule has 0 radical (unpaired) electrons. The molecule has 0 fully saturated rings. The predicted octanol–water partition coefficient (Wildman–Crippen LogP) is 2.29. The van der Waals surface area contributed by atoms with Gasteiger partial charge in [-0.05, 0) is 31.2 Å². The zero-order valence-electron chi connectivity index (χ0n) is 14.5. The number of benzene rings is 1. The first kappa shape index (κ1) is 19.1. The molecule has 2 rings (SSSR count). The fourth-order valence-corrected chi connectivity index (χ4v) is 3.29. The summed E-state index contributed by atoms with van der Waals surface area (Å²) in [6.07, 6.45) is 2.88. The molecule has 0 atom stereocenters. The number of carbonyl (C=O) groups is 1. The van der Waals surface area contributed by atoms with Gasteiger partial charge in [0, 0.05) is 31.4 Å². The highest BCUT2D eigenvalue weighted by molar-refractivity contribution is 7.88. The molecule has 1 heterocycles. The highest BCUT2D eigenvalue weighted by atomic mass is 32.2. The molecular formula is C18H23N3O3S. The van der Waals surface area contributed by atoms with Gasteiger partial charge in [0.1, 0.15) is 0 Å².